The predicted molar refractivity (Wildman–Crippen MR) is 98.5 cm³/mol. The molecule has 0 spiro atoms. The molecule has 2 fully saturated rings. The third kappa shape index (κ3) is 3.17. The van der Waals surface area contributed by atoms with Gasteiger partial charge in [0.2, 0.25) is 0 Å². The van der Waals surface area contributed by atoms with E-state index in [4.69, 9.17) is 30.5 Å². The van der Waals surface area contributed by atoms with Gasteiger partial charge in [-0.05, 0) is 31.5 Å². The Morgan fingerprint density at radius 1 is 1.07 bits per heavy atom. The van der Waals surface area contributed by atoms with Crippen LogP contribution in [0.25, 0.3) is 5.65 Å². The molecule has 28 heavy (non-hydrogen) atoms. The molecule has 0 N–H and O–H groups in total. The average molecular weight is 403 g/mol. The van der Waals surface area contributed by atoms with Crippen LogP contribution >= 0.6 is 11.6 Å². The number of halogens is 1. The van der Waals surface area contributed by atoms with E-state index in [1.807, 2.05) is 44.2 Å². The highest BCUT2D eigenvalue weighted by Gasteiger charge is 2.57. The van der Waals surface area contributed by atoms with Crippen LogP contribution < -0.4 is 0 Å². The van der Waals surface area contributed by atoms with Gasteiger partial charge in [-0.25, -0.2) is 0 Å². The first-order valence-corrected chi connectivity index (χ1v) is 9.42. The highest BCUT2D eigenvalue weighted by atomic mass is 35.5. The van der Waals surface area contributed by atoms with E-state index in [9.17, 15) is 0 Å². The molecule has 9 heteroatoms. The van der Waals surface area contributed by atoms with Crippen LogP contribution in [0.4, 0.5) is 0 Å². The largest absolute Gasteiger partial charge is 0.345 e. The molecule has 4 heterocycles. The molecular formula is C19H19ClN4O4. The van der Waals surface area contributed by atoms with E-state index in [0.29, 0.717) is 23.2 Å². The molecule has 0 bridgehead atoms. The minimum Gasteiger partial charge on any atom is -0.345 e. The second-order valence-electron chi connectivity index (χ2n) is 7.27. The Morgan fingerprint density at radius 2 is 1.86 bits per heavy atom. The molecule has 2 saturated heterocycles. The van der Waals surface area contributed by atoms with Crippen molar-refractivity contribution in [2.75, 3.05) is 0 Å². The zero-order chi connectivity index (χ0) is 19.3. The molecule has 8 nitrogen and oxygen atoms in total. The Kier molecular flexibility index (Phi) is 4.33. The van der Waals surface area contributed by atoms with Crippen LogP contribution in [-0.4, -0.2) is 44.1 Å². The number of fused-ring (bicyclic) bond motifs is 2. The molecule has 3 aromatic rings. The third-order valence-electron chi connectivity index (χ3n) is 4.78. The molecule has 0 amide bonds. The first kappa shape index (κ1) is 18.0. The second kappa shape index (κ2) is 6.75. The van der Waals surface area contributed by atoms with Crippen molar-refractivity contribution in [2.45, 2.75) is 50.8 Å². The van der Waals surface area contributed by atoms with Crippen LogP contribution in [0.5, 0.6) is 0 Å². The minimum atomic E-state index is -0.753. The highest BCUT2D eigenvalue weighted by molar-refractivity contribution is 6.29. The number of nitrogens with zero attached hydrogens (tertiary/aromatic N) is 4. The maximum Gasteiger partial charge on any atom is 0.187 e. The fourth-order valence-corrected chi connectivity index (χ4v) is 3.75. The topological polar surface area (TPSA) is 80.0 Å². The summed E-state index contributed by atoms with van der Waals surface area (Å²) < 4.78 is 25.9. The van der Waals surface area contributed by atoms with Crippen molar-refractivity contribution < 1.29 is 18.9 Å². The van der Waals surface area contributed by atoms with Gasteiger partial charge >= 0.3 is 0 Å². The zero-order valence-electron chi connectivity index (χ0n) is 15.4. The van der Waals surface area contributed by atoms with Gasteiger partial charge in [-0.3, -0.25) is 0 Å². The van der Waals surface area contributed by atoms with Crippen molar-refractivity contribution in [3.8, 4) is 0 Å². The lowest BCUT2D eigenvalue weighted by Crippen LogP contribution is -2.31. The van der Waals surface area contributed by atoms with E-state index in [1.54, 1.807) is 16.6 Å². The molecule has 0 saturated carbocycles. The van der Waals surface area contributed by atoms with Crippen LogP contribution in [0.3, 0.4) is 0 Å². The van der Waals surface area contributed by atoms with Gasteiger partial charge in [-0.1, -0.05) is 41.9 Å². The molecule has 0 aliphatic carbocycles. The fourth-order valence-electron chi connectivity index (χ4n) is 3.62. The zero-order valence-corrected chi connectivity index (χ0v) is 16.1. The smallest absolute Gasteiger partial charge is 0.187 e. The summed E-state index contributed by atoms with van der Waals surface area (Å²) in [6.45, 7) is 4.14. The van der Waals surface area contributed by atoms with E-state index < -0.39 is 30.4 Å². The van der Waals surface area contributed by atoms with Gasteiger partial charge in [0, 0.05) is 0 Å². The monoisotopic (exact) mass is 402 g/mol. The van der Waals surface area contributed by atoms with Gasteiger partial charge in [0.15, 0.2) is 29.7 Å². The van der Waals surface area contributed by atoms with Crippen LogP contribution in [0, 0.1) is 0 Å². The number of aromatic nitrogens is 4. The maximum absolute atomic E-state index is 6.16. The number of benzene rings is 1. The van der Waals surface area contributed by atoms with Crippen LogP contribution in [0.15, 0.2) is 42.5 Å². The predicted octanol–water partition coefficient (Wildman–Crippen LogP) is 2.91. The van der Waals surface area contributed by atoms with Crippen molar-refractivity contribution >= 4 is 17.2 Å². The van der Waals surface area contributed by atoms with Gasteiger partial charge in [0.25, 0.3) is 0 Å². The van der Waals surface area contributed by atoms with Crippen molar-refractivity contribution in [3.63, 3.8) is 0 Å². The van der Waals surface area contributed by atoms with E-state index in [2.05, 4.69) is 15.3 Å². The summed E-state index contributed by atoms with van der Waals surface area (Å²) in [4.78, 5) is 0. The summed E-state index contributed by atoms with van der Waals surface area (Å²) in [6, 6.07) is 13.3. The molecule has 146 valence electrons. The summed E-state index contributed by atoms with van der Waals surface area (Å²) in [6.07, 6.45) is -1.95. The fraction of sp³-hybridized carbons (Fsp3) is 0.421. The quantitative estimate of drug-likeness (QED) is 0.663. The summed E-state index contributed by atoms with van der Waals surface area (Å²) in [5.74, 6) is -0.253. The summed E-state index contributed by atoms with van der Waals surface area (Å²) in [5, 5.41) is 13.0. The lowest BCUT2D eigenvalue weighted by molar-refractivity contribution is -0.238. The minimum absolute atomic E-state index is 0.337. The molecular weight excluding hydrogens is 384 g/mol. The van der Waals surface area contributed by atoms with Crippen molar-refractivity contribution in [2.24, 2.45) is 0 Å². The summed E-state index contributed by atoms with van der Waals surface area (Å²) >= 11 is 6.05. The first-order chi connectivity index (χ1) is 13.5. The lowest BCUT2D eigenvalue weighted by Gasteiger charge is -2.23. The number of hydrogen-bond acceptors (Lipinski definition) is 7. The van der Waals surface area contributed by atoms with E-state index in [1.165, 1.54) is 0 Å². The van der Waals surface area contributed by atoms with Crippen LogP contribution in [0.1, 0.15) is 31.3 Å². The lowest BCUT2D eigenvalue weighted by atomic mass is 10.1. The van der Waals surface area contributed by atoms with Gasteiger partial charge in [-0.2, -0.15) is 9.61 Å². The SMILES string of the molecule is CC1(C)O[C@H]2[C@H](OCc3ccccc3)O[C@H](c3nnc4ccc(Cl)nn34)[C@H]2O1. The number of hydrogen-bond donors (Lipinski definition) is 0. The highest BCUT2D eigenvalue weighted by Crippen LogP contribution is 2.45. The van der Waals surface area contributed by atoms with Crippen LogP contribution in [-0.2, 0) is 25.6 Å². The van der Waals surface area contributed by atoms with Gasteiger partial charge < -0.3 is 18.9 Å². The third-order valence-corrected chi connectivity index (χ3v) is 4.98. The van der Waals surface area contributed by atoms with E-state index >= 15 is 0 Å². The second-order valence-corrected chi connectivity index (χ2v) is 7.66. The Balaban J connectivity index is 1.44. The Labute approximate surface area is 166 Å². The van der Waals surface area contributed by atoms with E-state index in [0.717, 1.165) is 5.56 Å². The Bertz CT molecular complexity index is 996. The molecule has 2 aliphatic heterocycles. The summed E-state index contributed by atoms with van der Waals surface area (Å²) in [5.41, 5.74) is 1.62. The Morgan fingerprint density at radius 3 is 2.68 bits per heavy atom. The first-order valence-electron chi connectivity index (χ1n) is 9.05. The van der Waals surface area contributed by atoms with E-state index in [-0.39, 0.29) is 0 Å². The molecule has 0 unspecified atom stereocenters. The normalized spacial score (nSPS) is 28.7. The average Bonchev–Trinajstić information content (AvgIpc) is 3.31. The number of ether oxygens (including phenoxy) is 4. The van der Waals surface area contributed by atoms with Gasteiger partial charge in [0.1, 0.15) is 17.4 Å². The number of rotatable bonds is 4. The van der Waals surface area contributed by atoms with Crippen molar-refractivity contribution in [1.29, 1.82) is 0 Å². The summed E-state index contributed by atoms with van der Waals surface area (Å²) in [7, 11) is 0. The van der Waals surface area contributed by atoms with Crippen molar-refractivity contribution in [1.82, 2.24) is 19.8 Å². The maximum atomic E-state index is 6.16. The van der Waals surface area contributed by atoms with Gasteiger partial charge in [0.05, 0.1) is 6.61 Å². The molecule has 0 radical (unpaired) electrons. The molecule has 1 aromatic carbocycles. The molecule has 2 aromatic heterocycles. The Hall–Kier alpha value is -2.10. The molecule has 2 aliphatic rings. The van der Waals surface area contributed by atoms with Gasteiger partial charge in [-0.15, -0.1) is 10.2 Å². The molecule has 5 rings (SSSR count). The molecule has 4 atom stereocenters. The van der Waals surface area contributed by atoms with Crippen molar-refractivity contribution in [3.05, 3.63) is 59.0 Å². The van der Waals surface area contributed by atoms with Crippen LogP contribution in [0.2, 0.25) is 5.15 Å². The standard InChI is InChI=1S/C19H19ClN4O4/c1-19(2)27-14-15(17-22-21-13-9-8-12(20)23-24(13)17)26-18(16(14)28-19)25-10-11-6-4-3-5-7-11/h3-9,14-16,18H,10H2,1-2H3/t14-,15+,16-,18-/m1/s1.